The van der Waals surface area contributed by atoms with Crippen molar-refractivity contribution in [2.45, 2.75) is 6.54 Å². The summed E-state index contributed by atoms with van der Waals surface area (Å²) in [6, 6.07) is 16.5. The zero-order valence-electron chi connectivity index (χ0n) is 16.6. The second-order valence-corrected chi connectivity index (χ2v) is 6.16. The number of rotatable bonds is 8. The third kappa shape index (κ3) is 5.16. The van der Waals surface area contributed by atoms with Gasteiger partial charge in [0.15, 0.2) is 11.5 Å². The number of carbonyl (C=O) groups excluding carboxylic acids is 1. The van der Waals surface area contributed by atoms with Crippen molar-refractivity contribution in [3.05, 3.63) is 72.1 Å². The Kier molecular flexibility index (Phi) is 6.52. The molecule has 3 rings (SSSR count). The molecule has 3 aromatic rings. The largest absolute Gasteiger partial charge is 0.497 e. The van der Waals surface area contributed by atoms with Crippen LogP contribution >= 0.6 is 0 Å². The van der Waals surface area contributed by atoms with E-state index in [0.29, 0.717) is 23.7 Å². The number of anilines is 2. The van der Waals surface area contributed by atoms with E-state index >= 15 is 0 Å². The van der Waals surface area contributed by atoms with E-state index in [1.165, 1.54) is 0 Å². The minimum Gasteiger partial charge on any atom is -0.497 e. The molecule has 0 saturated heterocycles. The van der Waals surface area contributed by atoms with E-state index < -0.39 is 0 Å². The highest BCUT2D eigenvalue weighted by Gasteiger charge is 2.10. The first kappa shape index (κ1) is 20.0. The normalized spacial score (nSPS) is 10.2. The van der Waals surface area contributed by atoms with Gasteiger partial charge in [-0.2, -0.15) is 0 Å². The molecule has 29 heavy (non-hydrogen) atoms. The van der Waals surface area contributed by atoms with Crippen molar-refractivity contribution in [2.24, 2.45) is 0 Å². The van der Waals surface area contributed by atoms with Gasteiger partial charge in [-0.1, -0.05) is 6.07 Å². The van der Waals surface area contributed by atoms with Crippen molar-refractivity contribution in [3.63, 3.8) is 0 Å². The minimum atomic E-state index is -0.266. The van der Waals surface area contributed by atoms with Gasteiger partial charge in [0.1, 0.15) is 11.4 Å². The van der Waals surface area contributed by atoms with Gasteiger partial charge in [0.05, 0.1) is 21.3 Å². The zero-order valence-corrected chi connectivity index (χ0v) is 16.6. The molecule has 7 nitrogen and oxygen atoms in total. The topological polar surface area (TPSA) is 81.7 Å². The summed E-state index contributed by atoms with van der Waals surface area (Å²) in [5, 5.41) is 6.11. The maximum absolute atomic E-state index is 12.5. The Balaban J connectivity index is 1.64. The molecule has 2 N–H and O–H groups in total. The highest BCUT2D eigenvalue weighted by Crippen LogP contribution is 2.27. The van der Waals surface area contributed by atoms with Crippen LogP contribution in [0.5, 0.6) is 17.2 Å². The smallest absolute Gasteiger partial charge is 0.270 e. The van der Waals surface area contributed by atoms with Gasteiger partial charge in [0, 0.05) is 24.1 Å². The summed E-state index contributed by atoms with van der Waals surface area (Å²) in [4.78, 5) is 16.7. The maximum atomic E-state index is 12.5. The van der Waals surface area contributed by atoms with Crippen molar-refractivity contribution in [3.8, 4) is 17.2 Å². The molecule has 0 aliphatic carbocycles. The maximum Gasteiger partial charge on any atom is 0.270 e. The first-order chi connectivity index (χ1) is 14.1. The van der Waals surface area contributed by atoms with Gasteiger partial charge in [0.2, 0.25) is 0 Å². The van der Waals surface area contributed by atoms with Crippen LogP contribution in [0.3, 0.4) is 0 Å². The number of benzene rings is 2. The Hall–Kier alpha value is -3.74. The van der Waals surface area contributed by atoms with Gasteiger partial charge in [-0.05, 0) is 54.1 Å². The SMILES string of the molecule is COc1ccc(Nc2ccnc(C(=O)NCc3ccc(OC)c(OC)c3)c2)cc1. The molecule has 7 heteroatoms. The molecular formula is C22H23N3O4. The monoisotopic (exact) mass is 393 g/mol. The molecular weight excluding hydrogens is 370 g/mol. The van der Waals surface area contributed by atoms with Crippen molar-refractivity contribution in [2.75, 3.05) is 26.6 Å². The molecule has 2 aromatic carbocycles. The summed E-state index contributed by atoms with van der Waals surface area (Å²) < 4.78 is 15.7. The molecule has 0 aliphatic rings. The lowest BCUT2D eigenvalue weighted by Gasteiger charge is -2.11. The Morgan fingerprint density at radius 1 is 0.862 bits per heavy atom. The summed E-state index contributed by atoms with van der Waals surface area (Å²) in [5.41, 5.74) is 2.86. The lowest BCUT2D eigenvalue weighted by molar-refractivity contribution is 0.0946. The fourth-order valence-electron chi connectivity index (χ4n) is 2.74. The number of aromatic nitrogens is 1. The summed E-state index contributed by atoms with van der Waals surface area (Å²) >= 11 is 0. The third-order valence-corrected chi connectivity index (χ3v) is 4.27. The molecule has 150 valence electrons. The van der Waals surface area contributed by atoms with E-state index in [2.05, 4.69) is 15.6 Å². The van der Waals surface area contributed by atoms with Crippen molar-refractivity contribution in [1.82, 2.24) is 10.3 Å². The Labute approximate surface area is 169 Å². The second-order valence-electron chi connectivity index (χ2n) is 6.16. The van der Waals surface area contributed by atoms with Crippen LogP contribution in [-0.4, -0.2) is 32.2 Å². The predicted molar refractivity (Wildman–Crippen MR) is 111 cm³/mol. The fourth-order valence-corrected chi connectivity index (χ4v) is 2.74. The molecule has 0 spiro atoms. The van der Waals surface area contributed by atoms with E-state index in [1.54, 1.807) is 45.7 Å². The zero-order chi connectivity index (χ0) is 20.6. The molecule has 1 amide bonds. The highest BCUT2D eigenvalue weighted by atomic mass is 16.5. The van der Waals surface area contributed by atoms with Gasteiger partial charge in [-0.25, -0.2) is 0 Å². The number of methoxy groups -OCH3 is 3. The number of hydrogen-bond acceptors (Lipinski definition) is 6. The predicted octanol–water partition coefficient (Wildman–Crippen LogP) is 3.78. The van der Waals surface area contributed by atoms with E-state index in [1.807, 2.05) is 36.4 Å². The van der Waals surface area contributed by atoms with Crippen LogP contribution in [0.1, 0.15) is 16.1 Å². The van der Waals surface area contributed by atoms with E-state index in [4.69, 9.17) is 14.2 Å². The highest BCUT2D eigenvalue weighted by molar-refractivity contribution is 5.93. The van der Waals surface area contributed by atoms with Gasteiger partial charge < -0.3 is 24.8 Å². The first-order valence-electron chi connectivity index (χ1n) is 8.99. The van der Waals surface area contributed by atoms with Crippen LogP contribution in [0.25, 0.3) is 0 Å². The molecule has 0 saturated carbocycles. The third-order valence-electron chi connectivity index (χ3n) is 4.27. The molecule has 1 heterocycles. The fraction of sp³-hybridized carbons (Fsp3) is 0.182. The molecule has 0 radical (unpaired) electrons. The quantitative estimate of drug-likeness (QED) is 0.606. The van der Waals surface area contributed by atoms with Crippen molar-refractivity contribution in [1.29, 1.82) is 0 Å². The van der Waals surface area contributed by atoms with E-state index in [-0.39, 0.29) is 5.91 Å². The van der Waals surface area contributed by atoms with Gasteiger partial charge in [-0.3, -0.25) is 9.78 Å². The number of nitrogens with one attached hydrogen (secondary N) is 2. The van der Waals surface area contributed by atoms with Crippen molar-refractivity contribution >= 4 is 17.3 Å². The number of ether oxygens (including phenoxy) is 3. The van der Waals surface area contributed by atoms with Gasteiger partial charge >= 0.3 is 0 Å². The summed E-state index contributed by atoms with van der Waals surface area (Å²) in [7, 11) is 4.78. The van der Waals surface area contributed by atoms with E-state index in [0.717, 1.165) is 22.7 Å². The number of nitrogens with zero attached hydrogens (tertiary/aromatic N) is 1. The summed E-state index contributed by atoms with van der Waals surface area (Å²) in [6.07, 6.45) is 1.59. The van der Waals surface area contributed by atoms with Crippen LogP contribution < -0.4 is 24.8 Å². The first-order valence-corrected chi connectivity index (χ1v) is 8.99. The number of pyridine rings is 1. The van der Waals surface area contributed by atoms with E-state index in [9.17, 15) is 4.79 Å². The number of hydrogen-bond donors (Lipinski definition) is 2. The molecule has 0 unspecified atom stereocenters. The molecule has 0 atom stereocenters. The molecule has 0 aliphatic heterocycles. The number of amides is 1. The minimum absolute atomic E-state index is 0.266. The standard InChI is InChI=1S/C22H23N3O4/c1-27-18-7-5-16(6-8-18)25-17-10-11-23-19(13-17)22(26)24-14-15-4-9-20(28-2)21(12-15)29-3/h4-13H,14H2,1-3H3,(H,23,25)(H,24,26). The molecule has 0 bridgehead atoms. The lowest BCUT2D eigenvalue weighted by Crippen LogP contribution is -2.23. The van der Waals surface area contributed by atoms with Crippen LogP contribution in [0.4, 0.5) is 11.4 Å². The lowest BCUT2D eigenvalue weighted by atomic mass is 10.2. The van der Waals surface area contributed by atoms with Crippen LogP contribution in [-0.2, 0) is 6.54 Å². The molecule has 1 aromatic heterocycles. The average molecular weight is 393 g/mol. The van der Waals surface area contributed by atoms with Crippen molar-refractivity contribution < 1.29 is 19.0 Å². The molecule has 0 fully saturated rings. The summed E-state index contributed by atoms with van der Waals surface area (Å²) in [5.74, 6) is 1.77. The number of carbonyl (C=O) groups is 1. The van der Waals surface area contributed by atoms with Gasteiger partial charge in [-0.15, -0.1) is 0 Å². The summed E-state index contributed by atoms with van der Waals surface area (Å²) in [6.45, 7) is 0.344. The van der Waals surface area contributed by atoms with Crippen LogP contribution in [0, 0.1) is 0 Å². The van der Waals surface area contributed by atoms with Gasteiger partial charge in [0.25, 0.3) is 5.91 Å². The Morgan fingerprint density at radius 2 is 1.62 bits per heavy atom. The Morgan fingerprint density at radius 3 is 2.31 bits per heavy atom. The average Bonchev–Trinajstić information content (AvgIpc) is 2.78. The second kappa shape index (κ2) is 9.45. The Bertz CT molecular complexity index is 974. The van der Waals surface area contributed by atoms with Crippen LogP contribution in [0.2, 0.25) is 0 Å². The van der Waals surface area contributed by atoms with Crippen LogP contribution in [0.15, 0.2) is 60.8 Å².